The predicted molar refractivity (Wildman–Crippen MR) is 29.3 cm³/mol. The largest absolute Gasteiger partial charge is 0.237 e. The van der Waals surface area contributed by atoms with Gasteiger partial charge in [0.05, 0.1) is 6.61 Å². The normalized spacial score (nSPS) is 14.1. The SMILES string of the molecule is [CH2]CC(C)CC[O]. The highest BCUT2D eigenvalue weighted by atomic mass is 16.2. The van der Waals surface area contributed by atoms with Gasteiger partial charge >= 0.3 is 0 Å². The molecular formula is C6H12O. The fourth-order valence-electron chi connectivity index (χ4n) is 0.346. The lowest BCUT2D eigenvalue weighted by molar-refractivity contribution is 0.173. The zero-order valence-corrected chi connectivity index (χ0v) is 4.81. The highest BCUT2D eigenvalue weighted by Crippen LogP contribution is 2.03. The van der Waals surface area contributed by atoms with E-state index in [0.29, 0.717) is 5.92 Å². The summed E-state index contributed by atoms with van der Waals surface area (Å²) in [7, 11) is 0. The molecule has 0 N–H and O–H groups in total. The molecule has 1 atom stereocenters. The lowest BCUT2D eigenvalue weighted by Gasteiger charge is -2.00. The number of hydrogen-bond donors (Lipinski definition) is 0. The fraction of sp³-hybridized carbons (Fsp3) is 0.833. The third-order valence-corrected chi connectivity index (χ3v) is 1.10. The molecule has 0 fully saturated rings. The summed E-state index contributed by atoms with van der Waals surface area (Å²) in [4.78, 5) is 0. The van der Waals surface area contributed by atoms with E-state index in [4.69, 9.17) is 0 Å². The Kier molecular flexibility index (Phi) is 4.10. The molecule has 0 heterocycles. The quantitative estimate of drug-likeness (QED) is 0.514. The monoisotopic (exact) mass is 100 g/mol. The van der Waals surface area contributed by atoms with Crippen LogP contribution in [0.25, 0.3) is 0 Å². The molecule has 0 aromatic carbocycles. The maximum atomic E-state index is 9.87. The van der Waals surface area contributed by atoms with E-state index in [-0.39, 0.29) is 6.61 Å². The molecule has 0 aliphatic rings. The van der Waals surface area contributed by atoms with Gasteiger partial charge in [-0.05, 0) is 12.3 Å². The summed E-state index contributed by atoms with van der Waals surface area (Å²) in [6.45, 7) is 5.76. The average molecular weight is 100 g/mol. The van der Waals surface area contributed by atoms with Crippen LogP contribution in [0.2, 0.25) is 0 Å². The van der Waals surface area contributed by atoms with Crippen molar-refractivity contribution in [2.75, 3.05) is 6.61 Å². The van der Waals surface area contributed by atoms with Crippen LogP contribution in [0.5, 0.6) is 0 Å². The third kappa shape index (κ3) is 3.80. The predicted octanol–water partition coefficient (Wildman–Crippen LogP) is 1.67. The van der Waals surface area contributed by atoms with Crippen molar-refractivity contribution in [1.82, 2.24) is 0 Å². The van der Waals surface area contributed by atoms with Gasteiger partial charge in [0.25, 0.3) is 0 Å². The van der Waals surface area contributed by atoms with Gasteiger partial charge in [0, 0.05) is 0 Å². The lowest BCUT2D eigenvalue weighted by atomic mass is 10.1. The molecule has 0 bridgehead atoms. The number of rotatable bonds is 3. The van der Waals surface area contributed by atoms with Crippen LogP contribution < -0.4 is 0 Å². The van der Waals surface area contributed by atoms with E-state index < -0.39 is 0 Å². The summed E-state index contributed by atoms with van der Waals surface area (Å²) in [5.41, 5.74) is 0. The van der Waals surface area contributed by atoms with Gasteiger partial charge in [-0.3, -0.25) is 0 Å². The fourth-order valence-corrected chi connectivity index (χ4v) is 0.346. The molecule has 0 spiro atoms. The smallest absolute Gasteiger partial charge is 0.0824 e. The van der Waals surface area contributed by atoms with Crippen molar-refractivity contribution in [1.29, 1.82) is 0 Å². The second-order valence-electron chi connectivity index (χ2n) is 1.89. The van der Waals surface area contributed by atoms with Gasteiger partial charge in [-0.1, -0.05) is 20.3 Å². The molecule has 1 nitrogen and oxygen atoms in total. The Bertz CT molecular complexity index is 35.2. The van der Waals surface area contributed by atoms with Crippen LogP contribution in [0, 0.1) is 12.8 Å². The van der Waals surface area contributed by atoms with E-state index in [9.17, 15) is 5.11 Å². The Morgan fingerprint density at radius 1 is 1.71 bits per heavy atom. The molecular weight excluding hydrogens is 88.1 g/mol. The molecule has 0 aliphatic carbocycles. The molecule has 0 aliphatic heterocycles. The van der Waals surface area contributed by atoms with E-state index in [2.05, 4.69) is 6.92 Å². The van der Waals surface area contributed by atoms with Crippen LogP contribution in [0.15, 0.2) is 0 Å². The van der Waals surface area contributed by atoms with E-state index >= 15 is 0 Å². The molecule has 0 aromatic heterocycles. The van der Waals surface area contributed by atoms with Gasteiger partial charge in [-0.15, -0.1) is 0 Å². The minimum atomic E-state index is 0.0523. The minimum Gasteiger partial charge on any atom is -0.237 e. The summed E-state index contributed by atoms with van der Waals surface area (Å²) in [5.74, 6) is 0.525. The van der Waals surface area contributed by atoms with E-state index in [0.717, 1.165) is 12.8 Å². The maximum Gasteiger partial charge on any atom is 0.0824 e. The van der Waals surface area contributed by atoms with E-state index in [1.807, 2.05) is 6.92 Å². The molecule has 0 saturated carbocycles. The highest BCUT2D eigenvalue weighted by Gasteiger charge is 1.94. The second-order valence-corrected chi connectivity index (χ2v) is 1.89. The van der Waals surface area contributed by atoms with Gasteiger partial charge in [0.15, 0.2) is 0 Å². The topological polar surface area (TPSA) is 19.9 Å². The molecule has 0 aromatic rings. The molecule has 7 heavy (non-hydrogen) atoms. The van der Waals surface area contributed by atoms with Gasteiger partial charge in [0.1, 0.15) is 0 Å². The van der Waals surface area contributed by atoms with Crippen molar-refractivity contribution in [3.8, 4) is 0 Å². The first-order valence-electron chi connectivity index (χ1n) is 2.68. The molecule has 0 rings (SSSR count). The molecule has 1 heteroatoms. The Hall–Kier alpha value is -0.0400. The van der Waals surface area contributed by atoms with Crippen molar-refractivity contribution in [2.45, 2.75) is 19.8 Å². The summed E-state index contributed by atoms with van der Waals surface area (Å²) in [6.07, 6.45) is 1.67. The maximum absolute atomic E-state index is 9.87. The Balaban J connectivity index is 2.83. The van der Waals surface area contributed by atoms with Crippen LogP contribution in [-0.2, 0) is 5.11 Å². The van der Waals surface area contributed by atoms with Gasteiger partial charge in [-0.2, -0.15) is 0 Å². The zero-order chi connectivity index (χ0) is 5.70. The first-order chi connectivity index (χ1) is 3.31. The summed E-state index contributed by atoms with van der Waals surface area (Å²) >= 11 is 0. The molecule has 0 amide bonds. The summed E-state index contributed by atoms with van der Waals surface area (Å²) < 4.78 is 0. The summed E-state index contributed by atoms with van der Waals surface area (Å²) in [6, 6.07) is 0. The van der Waals surface area contributed by atoms with Crippen molar-refractivity contribution >= 4 is 0 Å². The first-order valence-corrected chi connectivity index (χ1v) is 2.68. The standard InChI is InChI=1S/C6H12O/c1-3-6(2)4-5-7/h6H,1,3-5H2,2H3. The third-order valence-electron chi connectivity index (χ3n) is 1.10. The molecule has 0 saturated heterocycles. The van der Waals surface area contributed by atoms with Crippen LogP contribution in [0.4, 0.5) is 0 Å². The van der Waals surface area contributed by atoms with Gasteiger partial charge in [0.2, 0.25) is 0 Å². The second kappa shape index (κ2) is 4.13. The average Bonchev–Trinajstić information content (AvgIpc) is 1.68. The Labute approximate surface area is 45.4 Å². The van der Waals surface area contributed by atoms with Crippen molar-refractivity contribution in [3.63, 3.8) is 0 Å². The Morgan fingerprint density at radius 3 is 2.43 bits per heavy atom. The zero-order valence-electron chi connectivity index (χ0n) is 4.81. The van der Waals surface area contributed by atoms with Crippen molar-refractivity contribution in [3.05, 3.63) is 6.92 Å². The van der Waals surface area contributed by atoms with Crippen molar-refractivity contribution < 1.29 is 5.11 Å². The van der Waals surface area contributed by atoms with Crippen LogP contribution in [0.3, 0.4) is 0 Å². The van der Waals surface area contributed by atoms with Crippen LogP contribution in [0.1, 0.15) is 19.8 Å². The molecule has 42 valence electrons. The minimum absolute atomic E-state index is 0.0523. The van der Waals surface area contributed by atoms with Crippen LogP contribution in [-0.4, -0.2) is 6.61 Å². The Morgan fingerprint density at radius 2 is 2.29 bits per heavy atom. The van der Waals surface area contributed by atoms with Crippen LogP contribution >= 0.6 is 0 Å². The van der Waals surface area contributed by atoms with Gasteiger partial charge < -0.3 is 0 Å². The van der Waals surface area contributed by atoms with Gasteiger partial charge in [-0.25, -0.2) is 5.11 Å². The van der Waals surface area contributed by atoms with Crippen molar-refractivity contribution in [2.24, 2.45) is 5.92 Å². The molecule has 1 unspecified atom stereocenters. The summed E-state index contributed by atoms with van der Waals surface area (Å²) in [5, 5.41) is 9.87. The van der Waals surface area contributed by atoms with E-state index in [1.165, 1.54) is 0 Å². The highest BCUT2D eigenvalue weighted by molar-refractivity contribution is 4.51. The lowest BCUT2D eigenvalue weighted by Crippen LogP contribution is -1.93. The first kappa shape index (κ1) is 6.96. The van der Waals surface area contributed by atoms with E-state index in [1.54, 1.807) is 0 Å². The number of hydrogen-bond acceptors (Lipinski definition) is 0. The molecule has 2 radical (unpaired) electrons.